The molecule has 10 heteroatoms. The number of halogens is 2. The number of ether oxygens (including phenoxy) is 1. The van der Waals surface area contributed by atoms with Gasteiger partial charge in [-0.05, 0) is 43.4 Å². The van der Waals surface area contributed by atoms with Gasteiger partial charge in [-0.2, -0.15) is 0 Å². The van der Waals surface area contributed by atoms with Gasteiger partial charge in [-0.1, -0.05) is 55.5 Å². The maximum atomic E-state index is 14.3. The number of nitrogens with zero attached hydrogens (tertiary/aromatic N) is 1. The second kappa shape index (κ2) is 12.8. The van der Waals surface area contributed by atoms with Gasteiger partial charge < -0.3 is 25.4 Å². The van der Waals surface area contributed by atoms with Crippen LogP contribution in [0.25, 0.3) is 0 Å². The number of hydrogen-bond acceptors (Lipinski definition) is 5. The summed E-state index contributed by atoms with van der Waals surface area (Å²) in [6.45, 7) is 4.42. The van der Waals surface area contributed by atoms with Crippen LogP contribution in [0.5, 0.6) is 5.75 Å². The number of aliphatic hydroxyl groups excluding tert-OH is 1. The van der Waals surface area contributed by atoms with Gasteiger partial charge in [0.05, 0.1) is 12.6 Å². The molecule has 8 nitrogen and oxygen atoms in total. The highest BCUT2D eigenvalue weighted by Gasteiger charge is 2.51. The smallest absolute Gasteiger partial charge is 0.267 e. The van der Waals surface area contributed by atoms with Crippen LogP contribution in [0.4, 0.5) is 8.78 Å². The second-order valence-corrected chi connectivity index (χ2v) is 9.65. The van der Waals surface area contributed by atoms with E-state index in [1.807, 2.05) is 39.0 Å². The van der Waals surface area contributed by atoms with E-state index in [0.717, 1.165) is 11.1 Å². The number of aryl methyl sites for hydroxylation is 2. The SMILES string of the molecule is CCCNC(=O)[C@@H]1CC(F)(F)CN1C(=O)[C@@H](O)[C@H](Cc1ccccc1)NC(=O)COc1c(C)cccc1C. The van der Waals surface area contributed by atoms with Crippen molar-refractivity contribution >= 4 is 17.7 Å². The second-order valence-electron chi connectivity index (χ2n) is 9.65. The van der Waals surface area contributed by atoms with E-state index in [-0.39, 0.29) is 19.6 Å². The summed E-state index contributed by atoms with van der Waals surface area (Å²) < 4.78 is 34.3. The zero-order valence-corrected chi connectivity index (χ0v) is 21.9. The van der Waals surface area contributed by atoms with Crippen molar-refractivity contribution in [3.63, 3.8) is 0 Å². The van der Waals surface area contributed by atoms with E-state index in [9.17, 15) is 28.3 Å². The van der Waals surface area contributed by atoms with Crippen molar-refractivity contribution < 1.29 is 33.0 Å². The average molecular weight is 532 g/mol. The molecule has 3 atom stereocenters. The number of nitrogens with one attached hydrogen (secondary N) is 2. The molecule has 3 amide bonds. The average Bonchev–Trinajstić information content (AvgIpc) is 3.21. The third-order valence-corrected chi connectivity index (χ3v) is 6.44. The van der Waals surface area contributed by atoms with E-state index < -0.39 is 54.8 Å². The first-order chi connectivity index (χ1) is 18.0. The van der Waals surface area contributed by atoms with E-state index in [4.69, 9.17) is 4.74 Å². The monoisotopic (exact) mass is 531 g/mol. The summed E-state index contributed by atoms with van der Waals surface area (Å²) in [6, 6.07) is 11.8. The molecule has 0 spiro atoms. The van der Waals surface area contributed by atoms with Crippen LogP contribution in [0.2, 0.25) is 0 Å². The highest BCUT2D eigenvalue weighted by atomic mass is 19.3. The zero-order chi connectivity index (χ0) is 27.9. The molecule has 2 aromatic carbocycles. The van der Waals surface area contributed by atoms with Crippen molar-refractivity contribution in [1.29, 1.82) is 0 Å². The van der Waals surface area contributed by atoms with Crippen LogP contribution in [0.1, 0.15) is 36.5 Å². The molecule has 2 aromatic rings. The Morgan fingerprint density at radius 2 is 1.76 bits per heavy atom. The standard InChI is InChI=1S/C28H35F2N3O5/c1-4-13-31-26(36)22-15-28(29,30)17-33(22)27(37)24(35)21(14-20-11-6-5-7-12-20)32-23(34)16-38-25-18(2)9-8-10-19(25)3/h5-12,21-22,24,35H,4,13-17H2,1-3H3,(H,31,36)(H,32,34)/t21-,22-,24-/m0/s1. The number of aliphatic hydroxyl groups is 1. The molecule has 1 heterocycles. The molecule has 0 unspecified atom stereocenters. The quantitative estimate of drug-likeness (QED) is 0.413. The predicted molar refractivity (Wildman–Crippen MR) is 138 cm³/mol. The van der Waals surface area contributed by atoms with Crippen molar-refractivity contribution in [1.82, 2.24) is 15.5 Å². The molecular weight excluding hydrogens is 496 g/mol. The number of carbonyl (C=O) groups is 3. The van der Waals surface area contributed by atoms with Crippen LogP contribution < -0.4 is 15.4 Å². The summed E-state index contributed by atoms with van der Waals surface area (Å²) in [4.78, 5) is 39.4. The largest absolute Gasteiger partial charge is 0.483 e. The fourth-order valence-corrected chi connectivity index (χ4v) is 4.51. The van der Waals surface area contributed by atoms with Gasteiger partial charge in [0, 0.05) is 13.0 Å². The van der Waals surface area contributed by atoms with Gasteiger partial charge in [-0.25, -0.2) is 8.78 Å². The number of hydrogen-bond donors (Lipinski definition) is 3. The molecule has 0 aromatic heterocycles. The lowest BCUT2D eigenvalue weighted by Crippen LogP contribution is -2.56. The Bertz CT molecular complexity index is 1110. The zero-order valence-electron chi connectivity index (χ0n) is 21.9. The van der Waals surface area contributed by atoms with Gasteiger partial charge in [-0.3, -0.25) is 14.4 Å². The lowest BCUT2D eigenvalue weighted by atomic mass is 9.99. The molecule has 0 saturated carbocycles. The Labute approximate surface area is 221 Å². The van der Waals surface area contributed by atoms with E-state index in [2.05, 4.69) is 10.6 Å². The molecule has 1 fully saturated rings. The van der Waals surface area contributed by atoms with Crippen molar-refractivity contribution in [3.05, 3.63) is 65.2 Å². The Morgan fingerprint density at radius 3 is 2.39 bits per heavy atom. The van der Waals surface area contributed by atoms with Gasteiger partial charge in [0.25, 0.3) is 17.7 Å². The minimum absolute atomic E-state index is 0.0554. The highest BCUT2D eigenvalue weighted by molar-refractivity contribution is 5.91. The third kappa shape index (κ3) is 7.50. The van der Waals surface area contributed by atoms with Crippen molar-refractivity contribution in [2.24, 2.45) is 0 Å². The third-order valence-electron chi connectivity index (χ3n) is 6.44. The maximum absolute atomic E-state index is 14.3. The number of likely N-dealkylation sites (tertiary alicyclic amines) is 1. The Hall–Kier alpha value is -3.53. The van der Waals surface area contributed by atoms with Crippen LogP contribution in [0.15, 0.2) is 48.5 Å². The van der Waals surface area contributed by atoms with Crippen LogP contribution in [0.3, 0.4) is 0 Å². The van der Waals surface area contributed by atoms with Crippen LogP contribution >= 0.6 is 0 Å². The topological polar surface area (TPSA) is 108 Å². The van der Waals surface area contributed by atoms with Gasteiger partial charge in [0.2, 0.25) is 5.91 Å². The molecule has 1 aliphatic heterocycles. The molecule has 0 aliphatic carbocycles. The van der Waals surface area contributed by atoms with Crippen molar-refractivity contribution in [2.75, 3.05) is 19.7 Å². The van der Waals surface area contributed by atoms with E-state index in [0.29, 0.717) is 22.6 Å². The predicted octanol–water partition coefficient (Wildman–Crippen LogP) is 2.53. The van der Waals surface area contributed by atoms with E-state index in [1.54, 1.807) is 30.3 Å². The Kier molecular flexibility index (Phi) is 9.79. The van der Waals surface area contributed by atoms with Gasteiger partial charge in [0.1, 0.15) is 11.8 Å². The summed E-state index contributed by atoms with van der Waals surface area (Å²) in [7, 11) is 0. The first-order valence-corrected chi connectivity index (χ1v) is 12.7. The minimum atomic E-state index is -3.28. The fraction of sp³-hybridized carbons (Fsp3) is 0.464. The molecular formula is C28H35F2N3O5. The summed E-state index contributed by atoms with van der Waals surface area (Å²) in [5.41, 5.74) is 2.40. The molecule has 1 saturated heterocycles. The molecule has 0 bridgehead atoms. The lowest BCUT2D eigenvalue weighted by Gasteiger charge is -2.30. The lowest BCUT2D eigenvalue weighted by molar-refractivity contribution is -0.147. The fourth-order valence-electron chi connectivity index (χ4n) is 4.51. The van der Waals surface area contributed by atoms with Gasteiger partial charge in [-0.15, -0.1) is 0 Å². The first-order valence-electron chi connectivity index (χ1n) is 12.7. The van der Waals surface area contributed by atoms with Gasteiger partial charge >= 0.3 is 0 Å². The number of carbonyl (C=O) groups excluding carboxylic acids is 3. The van der Waals surface area contributed by atoms with Crippen molar-refractivity contribution in [2.45, 2.75) is 64.1 Å². The number of alkyl halides is 2. The minimum Gasteiger partial charge on any atom is -0.483 e. The Balaban J connectivity index is 1.77. The number of rotatable bonds is 11. The summed E-state index contributed by atoms with van der Waals surface area (Å²) >= 11 is 0. The molecule has 0 radical (unpaired) electrons. The molecule has 206 valence electrons. The van der Waals surface area contributed by atoms with Crippen LogP contribution in [0, 0.1) is 13.8 Å². The van der Waals surface area contributed by atoms with E-state index >= 15 is 0 Å². The summed E-state index contributed by atoms with van der Waals surface area (Å²) in [5, 5.41) is 16.2. The maximum Gasteiger partial charge on any atom is 0.267 e. The number of amides is 3. The van der Waals surface area contributed by atoms with E-state index in [1.165, 1.54) is 0 Å². The Morgan fingerprint density at radius 1 is 1.11 bits per heavy atom. The summed E-state index contributed by atoms with van der Waals surface area (Å²) in [6.07, 6.45) is -2.05. The molecule has 1 aliphatic rings. The van der Waals surface area contributed by atoms with Crippen molar-refractivity contribution in [3.8, 4) is 5.75 Å². The van der Waals surface area contributed by atoms with Crippen LogP contribution in [-0.2, 0) is 20.8 Å². The van der Waals surface area contributed by atoms with Gasteiger partial charge in [0.15, 0.2) is 12.7 Å². The molecule has 38 heavy (non-hydrogen) atoms. The normalized spacial score (nSPS) is 17.9. The molecule has 3 N–H and O–H groups in total. The molecule has 3 rings (SSSR count). The first kappa shape index (κ1) is 29.0. The number of benzene rings is 2. The van der Waals surface area contributed by atoms with Crippen LogP contribution in [-0.4, -0.2) is 71.5 Å². The highest BCUT2D eigenvalue weighted by Crippen LogP contribution is 2.33. The summed E-state index contributed by atoms with van der Waals surface area (Å²) in [5.74, 6) is -5.06. The number of para-hydroxylation sites is 1.